The molecule has 3 N–H and O–H groups in total. The lowest BCUT2D eigenvalue weighted by atomic mass is 9.99. The maximum atomic E-state index is 13.0. The van der Waals surface area contributed by atoms with Crippen molar-refractivity contribution >= 4 is 34.2 Å². The molecular weight excluding hydrogens is 406 g/mol. The number of hydrogen-bond donors (Lipinski definition) is 3. The minimum Gasteiger partial charge on any atom is -0.354 e. The van der Waals surface area contributed by atoms with Crippen molar-refractivity contribution in [3.63, 3.8) is 0 Å². The molecule has 1 aliphatic heterocycles. The number of nitro benzene ring substituents is 1. The minimum absolute atomic E-state index is 0.0781. The number of non-ortho nitro benzene ring substituents is 1. The number of nitro groups is 1. The molecule has 156 valence electrons. The highest BCUT2D eigenvalue weighted by molar-refractivity contribution is 6.37. The number of fused-ring (bicyclic) bond motifs is 1. The van der Waals surface area contributed by atoms with Crippen LogP contribution in [0.1, 0.15) is 11.1 Å². The molecule has 0 aliphatic carbocycles. The van der Waals surface area contributed by atoms with E-state index in [-0.39, 0.29) is 11.6 Å². The fraction of sp³-hybridized carbons (Fsp3) is 0. The molecule has 3 aromatic carbocycles. The van der Waals surface area contributed by atoms with Gasteiger partial charge in [-0.15, -0.1) is 0 Å². The Hall–Kier alpha value is -4.72. The molecule has 4 aromatic rings. The van der Waals surface area contributed by atoms with E-state index in [1.54, 1.807) is 18.6 Å². The van der Waals surface area contributed by atoms with Crippen LogP contribution in [0.15, 0.2) is 85.3 Å². The minimum atomic E-state index is -0.469. The Kier molecular flexibility index (Phi) is 4.72. The first-order valence-corrected chi connectivity index (χ1v) is 9.86. The maximum Gasteiger partial charge on any atom is 0.270 e. The van der Waals surface area contributed by atoms with E-state index in [0.29, 0.717) is 22.5 Å². The highest BCUT2D eigenvalue weighted by atomic mass is 16.6. The lowest BCUT2D eigenvalue weighted by molar-refractivity contribution is -0.384. The summed E-state index contributed by atoms with van der Waals surface area (Å²) in [5.74, 6) is -0.324. The monoisotopic (exact) mass is 423 g/mol. The Morgan fingerprint density at radius 1 is 1.00 bits per heavy atom. The van der Waals surface area contributed by atoms with Crippen molar-refractivity contribution in [1.82, 2.24) is 9.97 Å². The predicted molar refractivity (Wildman–Crippen MR) is 123 cm³/mol. The molecule has 5 rings (SSSR count). The van der Waals surface area contributed by atoms with Gasteiger partial charge in [0.25, 0.3) is 11.6 Å². The lowest BCUT2D eigenvalue weighted by Gasteiger charge is -2.15. The standard InChI is InChI=1S/C24H17N5O3/c30-24-22(19-12-18(29(31)32)9-10-20(19)28-24)23(15-5-2-1-3-6-15)27-17-8-4-7-16(11-17)21-13-25-14-26-21/h1-14,27H,(H,25,26)(H,28,30). The second-order valence-electron chi connectivity index (χ2n) is 7.22. The molecule has 2 heterocycles. The average Bonchev–Trinajstić information content (AvgIpc) is 3.45. The topological polar surface area (TPSA) is 113 Å². The molecule has 0 bridgehead atoms. The largest absolute Gasteiger partial charge is 0.354 e. The van der Waals surface area contributed by atoms with Crippen LogP contribution in [-0.4, -0.2) is 20.8 Å². The number of aromatic amines is 1. The average molecular weight is 423 g/mol. The van der Waals surface area contributed by atoms with Crippen molar-refractivity contribution in [2.45, 2.75) is 0 Å². The number of nitrogens with one attached hydrogen (secondary N) is 3. The normalized spacial score (nSPS) is 13.9. The van der Waals surface area contributed by atoms with E-state index in [2.05, 4.69) is 20.6 Å². The number of benzene rings is 3. The third kappa shape index (κ3) is 3.50. The molecule has 1 aromatic heterocycles. The molecule has 0 fully saturated rings. The summed E-state index contributed by atoms with van der Waals surface area (Å²) in [5.41, 5.74) is 5.08. The van der Waals surface area contributed by atoms with Crippen LogP contribution in [0.25, 0.3) is 22.5 Å². The lowest BCUT2D eigenvalue weighted by Crippen LogP contribution is -2.10. The van der Waals surface area contributed by atoms with E-state index < -0.39 is 4.92 Å². The van der Waals surface area contributed by atoms with Crippen molar-refractivity contribution in [2.24, 2.45) is 0 Å². The Bertz CT molecular complexity index is 1360. The van der Waals surface area contributed by atoms with Gasteiger partial charge in [0, 0.05) is 40.8 Å². The highest BCUT2D eigenvalue weighted by Crippen LogP contribution is 2.39. The van der Waals surface area contributed by atoms with Crippen molar-refractivity contribution in [3.8, 4) is 11.3 Å². The van der Waals surface area contributed by atoms with Crippen LogP contribution in [0.5, 0.6) is 0 Å². The van der Waals surface area contributed by atoms with Crippen LogP contribution in [0.2, 0.25) is 0 Å². The van der Waals surface area contributed by atoms with Gasteiger partial charge in [-0.25, -0.2) is 4.98 Å². The van der Waals surface area contributed by atoms with Crippen molar-refractivity contribution in [2.75, 3.05) is 10.6 Å². The number of hydrogen-bond acceptors (Lipinski definition) is 5. The van der Waals surface area contributed by atoms with Gasteiger partial charge < -0.3 is 15.6 Å². The van der Waals surface area contributed by atoms with Gasteiger partial charge in [-0.2, -0.15) is 0 Å². The highest BCUT2D eigenvalue weighted by Gasteiger charge is 2.30. The molecule has 0 atom stereocenters. The number of imidazole rings is 1. The quantitative estimate of drug-likeness (QED) is 0.240. The maximum absolute atomic E-state index is 13.0. The first-order valence-electron chi connectivity index (χ1n) is 9.86. The van der Waals surface area contributed by atoms with Gasteiger partial charge in [-0.3, -0.25) is 14.9 Å². The molecule has 32 heavy (non-hydrogen) atoms. The van der Waals surface area contributed by atoms with Gasteiger partial charge in [0.05, 0.1) is 28.2 Å². The van der Waals surface area contributed by atoms with Crippen LogP contribution in [0.4, 0.5) is 17.1 Å². The molecule has 0 radical (unpaired) electrons. The zero-order chi connectivity index (χ0) is 22.1. The molecule has 1 aliphatic rings. The first-order chi connectivity index (χ1) is 15.6. The number of H-pyrrole nitrogens is 1. The Morgan fingerprint density at radius 2 is 1.84 bits per heavy atom. The fourth-order valence-corrected chi connectivity index (χ4v) is 3.72. The zero-order valence-corrected chi connectivity index (χ0v) is 16.7. The third-order valence-corrected chi connectivity index (χ3v) is 5.20. The van der Waals surface area contributed by atoms with Gasteiger partial charge in [0.15, 0.2) is 0 Å². The number of rotatable bonds is 5. The van der Waals surface area contributed by atoms with Gasteiger partial charge in [-0.1, -0.05) is 42.5 Å². The van der Waals surface area contributed by atoms with Crippen LogP contribution >= 0.6 is 0 Å². The van der Waals surface area contributed by atoms with Gasteiger partial charge >= 0.3 is 0 Å². The van der Waals surface area contributed by atoms with Crippen LogP contribution in [0, 0.1) is 10.1 Å². The number of aromatic nitrogens is 2. The summed E-state index contributed by atoms with van der Waals surface area (Å²) in [6, 6.07) is 21.4. The van der Waals surface area contributed by atoms with E-state index in [4.69, 9.17) is 0 Å². The number of amides is 1. The molecule has 0 saturated carbocycles. The summed E-state index contributed by atoms with van der Waals surface area (Å²) in [7, 11) is 0. The summed E-state index contributed by atoms with van der Waals surface area (Å²) < 4.78 is 0. The third-order valence-electron chi connectivity index (χ3n) is 5.20. The predicted octanol–water partition coefficient (Wildman–Crippen LogP) is 4.92. The molecular formula is C24H17N5O3. The van der Waals surface area contributed by atoms with E-state index in [9.17, 15) is 14.9 Å². The Morgan fingerprint density at radius 3 is 2.59 bits per heavy atom. The van der Waals surface area contributed by atoms with Gasteiger partial charge in [0.2, 0.25) is 0 Å². The Balaban J connectivity index is 1.66. The summed E-state index contributed by atoms with van der Waals surface area (Å²) >= 11 is 0. The van der Waals surface area contributed by atoms with Crippen LogP contribution in [0.3, 0.4) is 0 Å². The molecule has 0 saturated heterocycles. The second-order valence-corrected chi connectivity index (χ2v) is 7.22. The zero-order valence-electron chi connectivity index (χ0n) is 16.7. The summed E-state index contributed by atoms with van der Waals surface area (Å²) in [4.78, 5) is 31.1. The SMILES string of the molecule is O=C1Nc2ccc([N+](=O)[O-])cc2C1=C(Nc1cccc(-c2c[nH]cn2)c1)c1ccccc1. The summed E-state index contributed by atoms with van der Waals surface area (Å²) in [6.45, 7) is 0. The molecule has 8 nitrogen and oxygen atoms in total. The number of anilines is 2. The number of nitrogens with zero attached hydrogens (tertiary/aromatic N) is 2. The van der Waals surface area contributed by atoms with Crippen LogP contribution < -0.4 is 10.6 Å². The van der Waals surface area contributed by atoms with Crippen molar-refractivity contribution in [3.05, 3.63) is 107 Å². The molecule has 0 spiro atoms. The van der Waals surface area contributed by atoms with Gasteiger partial charge in [-0.05, 0) is 23.8 Å². The number of carbonyl (C=O) groups is 1. The van der Waals surface area contributed by atoms with Crippen LogP contribution in [-0.2, 0) is 4.79 Å². The van der Waals surface area contributed by atoms with E-state index in [1.165, 1.54) is 12.1 Å². The van der Waals surface area contributed by atoms with E-state index in [1.807, 2.05) is 54.6 Å². The molecule has 8 heteroatoms. The molecule has 1 amide bonds. The van der Waals surface area contributed by atoms with Crippen molar-refractivity contribution in [1.29, 1.82) is 0 Å². The fourth-order valence-electron chi connectivity index (χ4n) is 3.72. The molecule has 0 unspecified atom stereocenters. The number of carbonyl (C=O) groups excluding carboxylic acids is 1. The summed E-state index contributed by atoms with van der Waals surface area (Å²) in [6.07, 6.45) is 3.41. The Labute approximate surface area is 182 Å². The van der Waals surface area contributed by atoms with Gasteiger partial charge in [0.1, 0.15) is 0 Å². The summed E-state index contributed by atoms with van der Waals surface area (Å²) in [5, 5.41) is 17.5. The van der Waals surface area contributed by atoms with Crippen molar-refractivity contribution < 1.29 is 9.72 Å². The smallest absolute Gasteiger partial charge is 0.270 e. The first kappa shape index (κ1) is 19.3. The van der Waals surface area contributed by atoms with E-state index >= 15 is 0 Å². The second kappa shape index (κ2) is 7.84. The van der Waals surface area contributed by atoms with E-state index in [0.717, 1.165) is 22.5 Å².